The highest BCUT2D eigenvalue weighted by atomic mass is 32.2. The van der Waals surface area contributed by atoms with Gasteiger partial charge in [-0.15, -0.1) is 0 Å². The molecule has 0 aromatic rings. The molecule has 7 heteroatoms. The van der Waals surface area contributed by atoms with Crippen LogP contribution in [-0.4, -0.2) is 57.8 Å². The molecule has 1 N–H and O–H groups in total. The molecule has 2 atom stereocenters. The Hall–Kier alpha value is -0.660. The molecule has 0 amide bonds. The first kappa shape index (κ1) is 17.4. The van der Waals surface area contributed by atoms with E-state index < -0.39 is 27.2 Å². The van der Waals surface area contributed by atoms with E-state index in [0.717, 1.165) is 6.42 Å². The van der Waals surface area contributed by atoms with Gasteiger partial charge in [0.2, 0.25) is 0 Å². The van der Waals surface area contributed by atoms with Crippen LogP contribution < -0.4 is 5.32 Å². The quantitative estimate of drug-likeness (QED) is 0.714. The van der Waals surface area contributed by atoms with Gasteiger partial charge in [-0.3, -0.25) is 4.79 Å². The number of hydrogen-bond acceptors (Lipinski definition) is 6. The topological polar surface area (TPSA) is 81.7 Å². The first-order valence-corrected chi connectivity index (χ1v) is 8.62. The van der Waals surface area contributed by atoms with E-state index in [4.69, 9.17) is 9.47 Å². The molecule has 1 fully saturated rings. The summed E-state index contributed by atoms with van der Waals surface area (Å²) in [6.45, 7) is 6.36. The van der Waals surface area contributed by atoms with Crippen LogP contribution in [0.15, 0.2) is 0 Å². The molecule has 1 saturated heterocycles. The lowest BCUT2D eigenvalue weighted by Gasteiger charge is -2.22. The van der Waals surface area contributed by atoms with Gasteiger partial charge in [0.1, 0.15) is 11.4 Å². The van der Waals surface area contributed by atoms with Crippen molar-refractivity contribution in [2.24, 2.45) is 5.92 Å². The van der Waals surface area contributed by atoms with Crippen LogP contribution in [0.25, 0.3) is 0 Å². The first-order valence-electron chi connectivity index (χ1n) is 6.80. The molecular weight excluding hydrogens is 282 g/mol. The van der Waals surface area contributed by atoms with E-state index in [0.29, 0.717) is 13.2 Å². The Bertz CT molecular complexity index is 421. The minimum absolute atomic E-state index is 0.0726. The second-order valence-electron chi connectivity index (χ2n) is 6.16. The van der Waals surface area contributed by atoms with Crippen LogP contribution in [0.4, 0.5) is 0 Å². The maximum Gasteiger partial charge on any atom is 0.321 e. The molecule has 20 heavy (non-hydrogen) atoms. The largest absolute Gasteiger partial charge is 0.459 e. The van der Waals surface area contributed by atoms with E-state index in [-0.39, 0.29) is 17.7 Å². The molecule has 2 unspecified atom stereocenters. The second-order valence-corrected chi connectivity index (χ2v) is 8.27. The number of nitrogens with one attached hydrogen (secondary N) is 1. The average molecular weight is 307 g/mol. The summed E-state index contributed by atoms with van der Waals surface area (Å²) in [4.78, 5) is 11.6. The van der Waals surface area contributed by atoms with E-state index in [2.05, 4.69) is 5.32 Å². The normalized spacial score (nSPS) is 21.7. The number of sulfone groups is 1. The molecule has 0 aromatic carbocycles. The molecule has 118 valence electrons. The SMILES string of the molecule is CNC(CS(=O)(=O)CC(=O)OC(C)(C)C)C1CCOC1. The zero-order valence-electron chi connectivity index (χ0n) is 12.6. The number of ether oxygens (including phenoxy) is 2. The third-order valence-corrected chi connectivity index (χ3v) is 4.64. The van der Waals surface area contributed by atoms with Crippen molar-refractivity contribution >= 4 is 15.8 Å². The first-order chi connectivity index (χ1) is 9.13. The van der Waals surface area contributed by atoms with E-state index in [1.807, 2.05) is 0 Å². The summed E-state index contributed by atoms with van der Waals surface area (Å²) < 4.78 is 34.5. The van der Waals surface area contributed by atoms with Crippen LogP contribution in [-0.2, 0) is 24.1 Å². The molecule has 0 aromatic heterocycles. The smallest absolute Gasteiger partial charge is 0.321 e. The van der Waals surface area contributed by atoms with Crippen LogP contribution in [0.1, 0.15) is 27.2 Å². The Morgan fingerprint density at radius 1 is 1.45 bits per heavy atom. The van der Waals surface area contributed by atoms with Gasteiger partial charge in [-0.2, -0.15) is 0 Å². The minimum Gasteiger partial charge on any atom is -0.459 e. The van der Waals surface area contributed by atoms with Crippen molar-refractivity contribution in [1.29, 1.82) is 0 Å². The van der Waals surface area contributed by atoms with Gasteiger partial charge in [0.15, 0.2) is 9.84 Å². The van der Waals surface area contributed by atoms with Crippen LogP contribution >= 0.6 is 0 Å². The molecule has 1 aliphatic heterocycles. The third-order valence-electron chi connectivity index (χ3n) is 3.10. The maximum atomic E-state index is 12.1. The van der Waals surface area contributed by atoms with E-state index in [1.54, 1.807) is 27.8 Å². The Morgan fingerprint density at radius 3 is 2.55 bits per heavy atom. The summed E-state index contributed by atoms with van der Waals surface area (Å²) in [6.07, 6.45) is 0.841. The van der Waals surface area contributed by atoms with Gasteiger partial charge in [0, 0.05) is 18.6 Å². The van der Waals surface area contributed by atoms with Gasteiger partial charge >= 0.3 is 5.97 Å². The summed E-state index contributed by atoms with van der Waals surface area (Å²) in [7, 11) is -1.77. The molecule has 1 aliphatic rings. The summed E-state index contributed by atoms with van der Waals surface area (Å²) >= 11 is 0. The van der Waals surface area contributed by atoms with Crippen molar-refractivity contribution < 1.29 is 22.7 Å². The molecule has 0 bridgehead atoms. The van der Waals surface area contributed by atoms with Crippen molar-refractivity contribution in [1.82, 2.24) is 5.32 Å². The second kappa shape index (κ2) is 6.87. The lowest BCUT2D eigenvalue weighted by Crippen LogP contribution is -2.41. The van der Waals surface area contributed by atoms with Gasteiger partial charge in [-0.1, -0.05) is 0 Å². The summed E-state index contributed by atoms with van der Waals surface area (Å²) in [5, 5.41) is 3.01. The van der Waals surface area contributed by atoms with Crippen LogP contribution in [0.2, 0.25) is 0 Å². The molecular formula is C13H25NO5S. The van der Waals surface area contributed by atoms with Gasteiger partial charge in [-0.05, 0) is 34.2 Å². The Morgan fingerprint density at radius 2 is 2.10 bits per heavy atom. The third kappa shape index (κ3) is 6.19. The minimum atomic E-state index is -3.49. The Labute approximate surface area is 121 Å². The van der Waals surface area contributed by atoms with E-state index in [9.17, 15) is 13.2 Å². The number of carbonyl (C=O) groups excluding carboxylic acids is 1. The highest BCUT2D eigenvalue weighted by Crippen LogP contribution is 2.18. The fourth-order valence-electron chi connectivity index (χ4n) is 2.21. The summed E-state index contributed by atoms with van der Waals surface area (Å²) in [5.74, 6) is -1.17. The number of rotatable bonds is 6. The zero-order valence-corrected chi connectivity index (χ0v) is 13.5. The summed E-state index contributed by atoms with van der Waals surface area (Å²) in [5.41, 5.74) is -0.672. The highest BCUT2D eigenvalue weighted by Gasteiger charge is 2.31. The van der Waals surface area contributed by atoms with Crippen molar-refractivity contribution in [2.45, 2.75) is 38.8 Å². The molecule has 0 spiro atoms. The lowest BCUT2D eigenvalue weighted by atomic mass is 10.0. The molecule has 0 aliphatic carbocycles. The van der Waals surface area contributed by atoms with E-state index in [1.165, 1.54) is 0 Å². The van der Waals surface area contributed by atoms with Crippen LogP contribution in [0.5, 0.6) is 0 Å². The zero-order chi connectivity index (χ0) is 15.4. The van der Waals surface area contributed by atoms with Crippen LogP contribution in [0, 0.1) is 5.92 Å². The molecule has 1 heterocycles. The highest BCUT2D eigenvalue weighted by molar-refractivity contribution is 7.92. The van der Waals surface area contributed by atoms with Gasteiger partial charge in [0.05, 0.1) is 12.4 Å². The number of carbonyl (C=O) groups is 1. The summed E-state index contributed by atoms with van der Waals surface area (Å²) in [6, 6.07) is -0.190. The maximum absolute atomic E-state index is 12.1. The standard InChI is InChI=1S/C13H25NO5S/c1-13(2,3)19-12(15)9-20(16,17)8-11(14-4)10-5-6-18-7-10/h10-11,14H,5-9H2,1-4H3. The Kier molecular flexibility index (Phi) is 5.97. The predicted molar refractivity (Wildman–Crippen MR) is 76.3 cm³/mol. The molecule has 1 rings (SSSR count). The van der Waals surface area contributed by atoms with E-state index >= 15 is 0 Å². The van der Waals surface area contributed by atoms with Crippen molar-refractivity contribution in [2.75, 3.05) is 31.8 Å². The molecule has 0 radical (unpaired) electrons. The van der Waals surface area contributed by atoms with Crippen molar-refractivity contribution in [3.8, 4) is 0 Å². The monoisotopic (exact) mass is 307 g/mol. The number of esters is 1. The fraction of sp³-hybridized carbons (Fsp3) is 0.923. The van der Waals surface area contributed by atoms with Crippen LogP contribution in [0.3, 0.4) is 0 Å². The van der Waals surface area contributed by atoms with Gasteiger partial charge < -0.3 is 14.8 Å². The number of hydrogen-bond donors (Lipinski definition) is 1. The van der Waals surface area contributed by atoms with Crippen molar-refractivity contribution in [3.05, 3.63) is 0 Å². The fourth-order valence-corrected chi connectivity index (χ4v) is 3.73. The Balaban J connectivity index is 2.57. The van der Waals surface area contributed by atoms with Gasteiger partial charge in [-0.25, -0.2) is 8.42 Å². The van der Waals surface area contributed by atoms with Gasteiger partial charge in [0.25, 0.3) is 0 Å². The molecule has 6 nitrogen and oxygen atoms in total. The molecule has 0 saturated carbocycles. The lowest BCUT2D eigenvalue weighted by molar-refractivity contribution is -0.151. The van der Waals surface area contributed by atoms with Crippen molar-refractivity contribution in [3.63, 3.8) is 0 Å². The predicted octanol–water partition coefficient (Wildman–Crippen LogP) is 0.367. The average Bonchev–Trinajstić information content (AvgIpc) is 2.75.